The van der Waals surface area contributed by atoms with Crippen molar-refractivity contribution in [1.82, 2.24) is 10.2 Å². The maximum atomic E-state index is 11.4. The lowest BCUT2D eigenvalue weighted by molar-refractivity contribution is 0.547. The van der Waals surface area contributed by atoms with Crippen LogP contribution in [0, 0.1) is 0 Å². The summed E-state index contributed by atoms with van der Waals surface area (Å²) in [4.78, 5) is 0. The number of anilines is 1. The monoisotopic (exact) mass is 227 g/mol. The highest BCUT2D eigenvalue weighted by Gasteiger charge is 2.26. The molecular weight excluding hydrogens is 214 g/mol. The van der Waals surface area contributed by atoms with E-state index >= 15 is 0 Å². The lowest BCUT2D eigenvalue weighted by Crippen LogP contribution is -2.24. The Balaban J connectivity index is 2.21. The van der Waals surface area contributed by atoms with Crippen molar-refractivity contribution in [3.63, 3.8) is 0 Å². The zero-order chi connectivity index (χ0) is 10.9. The van der Waals surface area contributed by atoms with Crippen molar-refractivity contribution in [2.24, 2.45) is 0 Å². The number of nitrogens with two attached hydrogens (primary N) is 1. The van der Waals surface area contributed by atoms with Gasteiger partial charge in [-0.25, -0.2) is 8.42 Å². The van der Waals surface area contributed by atoms with Crippen molar-refractivity contribution in [3.8, 4) is 0 Å². The van der Waals surface area contributed by atoms with Crippen LogP contribution in [0.2, 0.25) is 0 Å². The van der Waals surface area contributed by atoms with Crippen molar-refractivity contribution in [3.05, 3.63) is 17.8 Å². The van der Waals surface area contributed by atoms with E-state index in [0.29, 0.717) is 18.0 Å². The van der Waals surface area contributed by atoms with Gasteiger partial charge in [-0.1, -0.05) is 0 Å². The van der Waals surface area contributed by atoms with Crippen LogP contribution in [0.4, 0.5) is 5.82 Å². The molecule has 1 aromatic heterocycles. The molecule has 0 saturated carbocycles. The Morgan fingerprint density at radius 2 is 2.13 bits per heavy atom. The lowest BCUT2D eigenvalue weighted by atomic mass is 10.0. The van der Waals surface area contributed by atoms with Crippen molar-refractivity contribution in [2.45, 2.75) is 18.8 Å². The van der Waals surface area contributed by atoms with E-state index in [4.69, 9.17) is 5.73 Å². The molecule has 0 radical (unpaired) electrons. The van der Waals surface area contributed by atoms with E-state index in [-0.39, 0.29) is 11.7 Å². The van der Waals surface area contributed by atoms with Crippen LogP contribution < -0.4 is 5.73 Å². The first kappa shape index (κ1) is 10.4. The topological polar surface area (TPSA) is 85.9 Å². The molecule has 0 aromatic carbocycles. The average molecular weight is 227 g/mol. The predicted octanol–water partition coefficient (Wildman–Crippen LogP) is 0.351. The number of hydrogen-bond donors (Lipinski definition) is 1. The first-order valence-corrected chi connectivity index (χ1v) is 6.68. The van der Waals surface area contributed by atoms with Crippen LogP contribution in [-0.4, -0.2) is 30.1 Å². The molecule has 1 fully saturated rings. The smallest absolute Gasteiger partial charge is 0.150 e. The molecule has 2 heterocycles. The van der Waals surface area contributed by atoms with Gasteiger partial charge in [0, 0.05) is 5.92 Å². The van der Waals surface area contributed by atoms with Gasteiger partial charge in [0.1, 0.15) is 5.82 Å². The number of hydrogen-bond acceptors (Lipinski definition) is 5. The Labute approximate surface area is 88.6 Å². The summed E-state index contributed by atoms with van der Waals surface area (Å²) < 4.78 is 22.9. The van der Waals surface area contributed by atoms with E-state index in [2.05, 4.69) is 10.2 Å². The van der Waals surface area contributed by atoms with E-state index < -0.39 is 9.84 Å². The van der Waals surface area contributed by atoms with E-state index in [1.165, 1.54) is 0 Å². The average Bonchev–Trinajstić information content (AvgIpc) is 2.17. The van der Waals surface area contributed by atoms with Crippen molar-refractivity contribution < 1.29 is 8.42 Å². The van der Waals surface area contributed by atoms with Crippen molar-refractivity contribution in [1.29, 1.82) is 0 Å². The van der Waals surface area contributed by atoms with Crippen LogP contribution in [0.3, 0.4) is 0 Å². The third-order valence-electron chi connectivity index (χ3n) is 2.59. The Hall–Kier alpha value is -1.17. The molecule has 1 unspecified atom stereocenters. The van der Waals surface area contributed by atoms with Gasteiger partial charge in [0.25, 0.3) is 0 Å². The Kier molecular flexibility index (Phi) is 2.60. The fourth-order valence-electron chi connectivity index (χ4n) is 1.83. The van der Waals surface area contributed by atoms with Crippen LogP contribution in [0.25, 0.3) is 0 Å². The maximum Gasteiger partial charge on any atom is 0.150 e. The number of sulfone groups is 1. The molecule has 5 nitrogen and oxygen atoms in total. The summed E-state index contributed by atoms with van der Waals surface area (Å²) in [5.41, 5.74) is 6.15. The Morgan fingerprint density at radius 3 is 2.73 bits per heavy atom. The third-order valence-corrected chi connectivity index (χ3v) is 4.41. The largest absolute Gasteiger partial charge is 0.382 e. The first-order chi connectivity index (χ1) is 7.07. The first-order valence-electron chi connectivity index (χ1n) is 4.86. The molecule has 1 aliphatic heterocycles. The molecule has 2 rings (SSSR count). The minimum Gasteiger partial charge on any atom is -0.382 e. The summed E-state index contributed by atoms with van der Waals surface area (Å²) in [5, 5.41) is 7.66. The van der Waals surface area contributed by atoms with E-state index in [1.54, 1.807) is 12.1 Å². The zero-order valence-corrected chi connectivity index (χ0v) is 9.07. The Bertz CT molecular complexity index is 441. The summed E-state index contributed by atoms with van der Waals surface area (Å²) in [6.45, 7) is 0. The summed E-state index contributed by atoms with van der Waals surface area (Å²) in [5.74, 6) is 0.826. The predicted molar refractivity (Wildman–Crippen MR) is 57.1 cm³/mol. The van der Waals surface area contributed by atoms with Crippen LogP contribution in [0.15, 0.2) is 12.1 Å². The van der Waals surface area contributed by atoms with Gasteiger partial charge < -0.3 is 5.73 Å². The minimum atomic E-state index is -2.89. The molecule has 2 N–H and O–H groups in total. The van der Waals surface area contributed by atoms with Gasteiger partial charge in [-0.3, -0.25) is 0 Å². The molecule has 0 spiro atoms. The van der Waals surface area contributed by atoms with Gasteiger partial charge in [-0.15, -0.1) is 5.10 Å². The zero-order valence-electron chi connectivity index (χ0n) is 8.26. The molecule has 0 aliphatic carbocycles. The molecule has 1 aromatic rings. The molecule has 1 atom stereocenters. The molecule has 82 valence electrons. The summed E-state index contributed by atoms with van der Waals surface area (Å²) in [7, 11) is -2.89. The SMILES string of the molecule is Nc1ccc(C2CCCS(=O)(=O)C2)nn1. The minimum absolute atomic E-state index is 0.0168. The van der Waals surface area contributed by atoms with E-state index in [0.717, 1.165) is 12.1 Å². The molecular formula is C9H13N3O2S. The lowest BCUT2D eigenvalue weighted by Gasteiger charge is -2.20. The second-order valence-electron chi connectivity index (χ2n) is 3.84. The van der Waals surface area contributed by atoms with Crippen LogP contribution in [0.5, 0.6) is 0 Å². The normalized spacial score (nSPS) is 24.9. The fraction of sp³-hybridized carbons (Fsp3) is 0.556. The van der Waals surface area contributed by atoms with Gasteiger partial charge in [-0.2, -0.15) is 5.10 Å². The highest BCUT2D eigenvalue weighted by Crippen LogP contribution is 2.26. The van der Waals surface area contributed by atoms with Gasteiger partial charge in [0.15, 0.2) is 9.84 Å². The van der Waals surface area contributed by atoms with Crippen LogP contribution in [0.1, 0.15) is 24.5 Å². The molecule has 6 heteroatoms. The second-order valence-corrected chi connectivity index (χ2v) is 6.07. The van der Waals surface area contributed by atoms with Gasteiger partial charge in [0.05, 0.1) is 17.2 Å². The van der Waals surface area contributed by atoms with Crippen LogP contribution >= 0.6 is 0 Å². The summed E-state index contributed by atoms with van der Waals surface area (Å²) in [6, 6.07) is 3.41. The molecule has 0 bridgehead atoms. The maximum absolute atomic E-state index is 11.4. The molecule has 0 amide bonds. The van der Waals surface area contributed by atoms with Gasteiger partial charge in [0.2, 0.25) is 0 Å². The number of nitrogens with zero attached hydrogens (tertiary/aromatic N) is 2. The summed E-state index contributed by atoms with van der Waals surface area (Å²) in [6.07, 6.45) is 1.57. The van der Waals surface area contributed by atoms with E-state index in [9.17, 15) is 8.42 Å². The van der Waals surface area contributed by atoms with Gasteiger partial charge >= 0.3 is 0 Å². The number of nitrogen functional groups attached to an aromatic ring is 1. The second kappa shape index (κ2) is 3.77. The van der Waals surface area contributed by atoms with E-state index in [1.807, 2.05) is 0 Å². The Morgan fingerprint density at radius 1 is 1.33 bits per heavy atom. The fourth-order valence-corrected chi connectivity index (χ4v) is 3.55. The van der Waals surface area contributed by atoms with Crippen molar-refractivity contribution in [2.75, 3.05) is 17.2 Å². The molecule has 1 aliphatic rings. The van der Waals surface area contributed by atoms with Gasteiger partial charge in [-0.05, 0) is 25.0 Å². The standard InChI is InChI=1S/C9H13N3O2S/c10-9-4-3-8(11-12-9)7-2-1-5-15(13,14)6-7/h3-4,7H,1-2,5-6H2,(H2,10,12). The quantitative estimate of drug-likeness (QED) is 0.748. The van der Waals surface area contributed by atoms with Crippen molar-refractivity contribution >= 4 is 15.7 Å². The number of rotatable bonds is 1. The third kappa shape index (κ3) is 2.44. The van der Waals surface area contributed by atoms with Crippen LogP contribution in [-0.2, 0) is 9.84 Å². The number of aromatic nitrogens is 2. The highest BCUT2D eigenvalue weighted by atomic mass is 32.2. The highest BCUT2D eigenvalue weighted by molar-refractivity contribution is 7.91. The summed E-state index contributed by atoms with van der Waals surface area (Å²) >= 11 is 0. The molecule has 15 heavy (non-hydrogen) atoms. The molecule has 1 saturated heterocycles.